The molecule has 0 aromatic heterocycles. The number of ether oxygens (including phenoxy) is 1. The van der Waals surface area contributed by atoms with Crippen LogP contribution in [0.3, 0.4) is 0 Å². The minimum atomic E-state index is -3.38. The van der Waals surface area contributed by atoms with E-state index in [0.717, 1.165) is 37.3 Å². The second-order valence-electron chi connectivity index (χ2n) is 6.43. The molecule has 0 spiro atoms. The van der Waals surface area contributed by atoms with E-state index in [2.05, 4.69) is 15.6 Å². The molecule has 2 N–H and O–H groups in total. The first-order valence-electron chi connectivity index (χ1n) is 9.77. The first kappa shape index (κ1) is 25.1. The van der Waals surface area contributed by atoms with Crippen LogP contribution in [0.5, 0.6) is 0 Å². The number of rotatable bonds is 9. The van der Waals surface area contributed by atoms with Crippen LogP contribution in [0.2, 0.25) is 0 Å². The molecule has 9 heteroatoms. The van der Waals surface area contributed by atoms with Crippen LogP contribution < -0.4 is 10.6 Å². The Bertz CT molecular complexity index is 690. The molecule has 0 amide bonds. The van der Waals surface area contributed by atoms with E-state index in [1.165, 1.54) is 0 Å². The first-order valence-corrected chi connectivity index (χ1v) is 11.2. The van der Waals surface area contributed by atoms with Crippen LogP contribution >= 0.6 is 24.0 Å². The number of aliphatic imine (C=N–C) groups is 1. The van der Waals surface area contributed by atoms with Gasteiger partial charge in [-0.1, -0.05) is 18.6 Å². The molecular weight excluding hydrogens is 491 g/mol. The molecule has 1 aliphatic rings. The summed E-state index contributed by atoms with van der Waals surface area (Å²) in [7, 11) is -3.38. The molecule has 0 unspecified atom stereocenters. The van der Waals surface area contributed by atoms with Crippen LogP contribution in [-0.4, -0.2) is 58.1 Å². The Morgan fingerprint density at radius 3 is 2.39 bits per heavy atom. The van der Waals surface area contributed by atoms with Crippen LogP contribution in [0.15, 0.2) is 34.2 Å². The summed E-state index contributed by atoms with van der Waals surface area (Å²) in [5.74, 6) is 0.724. The number of piperidine rings is 1. The number of benzene rings is 1. The highest BCUT2D eigenvalue weighted by atomic mass is 127. The monoisotopic (exact) mass is 524 g/mol. The molecule has 0 atom stereocenters. The molecule has 1 aliphatic heterocycles. The average Bonchev–Trinajstić information content (AvgIpc) is 2.70. The van der Waals surface area contributed by atoms with Gasteiger partial charge < -0.3 is 15.4 Å². The SMILES string of the molecule is CCNC(=NCc1ccc(S(=O)(=O)N2CCCCC2)cc1)NCCOCC.I. The van der Waals surface area contributed by atoms with E-state index in [-0.39, 0.29) is 24.0 Å². The molecule has 0 aliphatic carbocycles. The molecule has 0 bridgehead atoms. The highest BCUT2D eigenvalue weighted by Gasteiger charge is 2.25. The maximum Gasteiger partial charge on any atom is 0.243 e. The normalized spacial score (nSPS) is 15.7. The van der Waals surface area contributed by atoms with Gasteiger partial charge in [-0.25, -0.2) is 13.4 Å². The number of sulfonamides is 1. The molecule has 160 valence electrons. The minimum absolute atomic E-state index is 0. The van der Waals surface area contributed by atoms with E-state index in [1.54, 1.807) is 16.4 Å². The van der Waals surface area contributed by atoms with Crippen molar-refractivity contribution >= 4 is 40.0 Å². The third kappa shape index (κ3) is 7.84. The van der Waals surface area contributed by atoms with Crippen LogP contribution in [0.4, 0.5) is 0 Å². The van der Waals surface area contributed by atoms with Gasteiger partial charge in [0.2, 0.25) is 10.0 Å². The van der Waals surface area contributed by atoms with E-state index in [1.807, 2.05) is 26.0 Å². The summed E-state index contributed by atoms with van der Waals surface area (Å²) in [5, 5.41) is 6.40. The quantitative estimate of drug-likeness (QED) is 0.225. The number of guanidine groups is 1. The Hall–Kier alpha value is -0.910. The lowest BCUT2D eigenvalue weighted by molar-refractivity contribution is 0.152. The lowest BCUT2D eigenvalue weighted by Gasteiger charge is -2.25. The van der Waals surface area contributed by atoms with E-state index in [9.17, 15) is 8.42 Å². The summed E-state index contributed by atoms with van der Waals surface area (Å²) < 4.78 is 32.3. The first-order chi connectivity index (χ1) is 13.1. The van der Waals surface area contributed by atoms with Gasteiger partial charge in [0.25, 0.3) is 0 Å². The van der Waals surface area contributed by atoms with E-state index in [4.69, 9.17) is 4.74 Å². The maximum atomic E-state index is 12.7. The molecule has 1 saturated heterocycles. The van der Waals surface area contributed by atoms with Gasteiger partial charge in [-0.3, -0.25) is 0 Å². The van der Waals surface area contributed by atoms with Crippen LogP contribution in [0, 0.1) is 0 Å². The summed E-state index contributed by atoms with van der Waals surface area (Å²) in [6.07, 6.45) is 2.99. The molecule has 1 aromatic carbocycles. The zero-order valence-electron chi connectivity index (χ0n) is 16.8. The van der Waals surface area contributed by atoms with Crippen molar-refractivity contribution in [1.82, 2.24) is 14.9 Å². The molecule has 2 rings (SSSR count). The van der Waals surface area contributed by atoms with Crippen molar-refractivity contribution in [3.63, 3.8) is 0 Å². The summed E-state index contributed by atoms with van der Waals surface area (Å²) in [6.45, 7) is 8.48. The van der Waals surface area contributed by atoms with Gasteiger partial charge in [0.15, 0.2) is 5.96 Å². The van der Waals surface area contributed by atoms with Crippen molar-refractivity contribution in [2.45, 2.75) is 44.6 Å². The minimum Gasteiger partial charge on any atom is -0.380 e. The number of hydrogen-bond donors (Lipinski definition) is 2. The molecule has 0 radical (unpaired) electrons. The van der Waals surface area contributed by atoms with E-state index >= 15 is 0 Å². The summed E-state index contributed by atoms with van der Waals surface area (Å²) in [6, 6.07) is 7.04. The van der Waals surface area contributed by atoms with Gasteiger partial charge in [0, 0.05) is 32.8 Å². The molecule has 7 nitrogen and oxygen atoms in total. The Labute approximate surface area is 186 Å². The highest BCUT2D eigenvalue weighted by Crippen LogP contribution is 2.21. The summed E-state index contributed by atoms with van der Waals surface area (Å²) in [5.41, 5.74) is 0.967. The third-order valence-electron chi connectivity index (χ3n) is 4.38. The van der Waals surface area contributed by atoms with Crippen LogP contribution in [0.25, 0.3) is 0 Å². The topological polar surface area (TPSA) is 83.0 Å². The molecule has 1 aromatic rings. The highest BCUT2D eigenvalue weighted by molar-refractivity contribution is 14.0. The van der Waals surface area contributed by atoms with Crippen molar-refractivity contribution in [1.29, 1.82) is 0 Å². The van der Waals surface area contributed by atoms with Crippen LogP contribution in [0.1, 0.15) is 38.7 Å². The largest absolute Gasteiger partial charge is 0.380 e. The van der Waals surface area contributed by atoms with Gasteiger partial charge in [-0.2, -0.15) is 4.31 Å². The van der Waals surface area contributed by atoms with Crippen molar-refractivity contribution < 1.29 is 13.2 Å². The molecular formula is C19H33IN4O3S. The summed E-state index contributed by atoms with van der Waals surface area (Å²) >= 11 is 0. The molecule has 1 heterocycles. The Morgan fingerprint density at radius 1 is 1.11 bits per heavy atom. The number of halogens is 1. The lowest BCUT2D eigenvalue weighted by atomic mass is 10.2. The van der Waals surface area contributed by atoms with Gasteiger partial charge in [0.05, 0.1) is 18.0 Å². The molecule has 1 fully saturated rings. The smallest absolute Gasteiger partial charge is 0.243 e. The van der Waals surface area contributed by atoms with Gasteiger partial charge >= 0.3 is 0 Å². The Morgan fingerprint density at radius 2 is 1.79 bits per heavy atom. The zero-order valence-corrected chi connectivity index (χ0v) is 20.0. The summed E-state index contributed by atoms with van der Waals surface area (Å²) in [4.78, 5) is 4.90. The van der Waals surface area contributed by atoms with E-state index < -0.39 is 10.0 Å². The fraction of sp³-hybridized carbons (Fsp3) is 0.632. The van der Waals surface area contributed by atoms with Crippen molar-refractivity contribution in [2.24, 2.45) is 4.99 Å². The lowest BCUT2D eigenvalue weighted by Crippen LogP contribution is -2.39. The fourth-order valence-corrected chi connectivity index (χ4v) is 4.44. The second-order valence-corrected chi connectivity index (χ2v) is 8.37. The third-order valence-corrected chi connectivity index (χ3v) is 6.30. The zero-order chi connectivity index (χ0) is 19.5. The fourth-order valence-electron chi connectivity index (χ4n) is 2.92. The maximum absolute atomic E-state index is 12.7. The standard InChI is InChI=1S/C19H32N4O3S.HI/c1-3-20-19(21-12-15-26-4-2)22-16-17-8-10-18(11-9-17)27(24,25)23-13-6-5-7-14-23;/h8-11H,3-7,12-16H2,1-2H3,(H2,20,21,22);1H. The Balaban J connectivity index is 0.00000392. The Kier molecular flexibility index (Phi) is 12.0. The number of hydrogen-bond acceptors (Lipinski definition) is 4. The predicted molar refractivity (Wildman–Crippen MR) is 124 cm³/mol. The van der Waals surface area contributed by atoms with Crippen molar-refractivity contribution in [3.05, 3.63) is 29.8 Å². The van der Waals surface area contributed by atoms with Gasteiger partial charge in [-0.05, 0) is 44.4 Å². The van der Waals surface area contributed by atoms with Gasteiger partial charge in [0.1, 0.15) is 0 Å². The van der Waals surface area contributed by atoms with Gasteiger partial charge in [-0.15, -0.1) is 24.0 Å². The van der Waals surface area contributed by atoms with Crippen LogP contribution in [-0.2, 0) is 21.3 Å². The molecule has 0 saturated carbocycles. The number of nitrogens with zero attached hydrogens (tertiary/aromatic N) is 2. The second kappa shape index (κ2) is 13.3. The van der Waals surface area contributed by atoms with Crippen molar-refractivity contribution in [2.75, 3.05) is 39.4 Å². The predicted octanol–water partition coefficient (Wildman–Crippen LogP) is 2.57. The average molecular weight is 524 g/mol. The van der Waals surface area contributed by atoms with E-state index in [0.29, 0.717) is 44.3 Å². The molecule has 28 heavy (non-hydrogen) atoms. The number of nitrogens with one attached hydrogen (secondary N) is 2. The van der Waals surface area contributed by atoms with Crippen molar-refractivity contribution in [3.8, 4) is 0 Å².